The minimum Gasteiger partial charge on any atom is -0.495 e. The van der Waals surface area contributed by atoms with Gasteiger partial charge in [-0.2, -0.15) is 4.39 Å². The molecule has 2 aromatic rings. The lowest BCUT2D eigenvalue weighted by Gasteiger charge is -2.13. The number of aryl methyl sites for hydroxylation is 1. The van der Waals surface area contributed by atoms with Gasteiger partial charge in [-0.15, -0.1) is 0 Å². The van der Waals surface area contributed by atoms with Crippen molar-refractivity contribution >= 4 is 28.7 Å². The molecule has 0 aliphatic carbocycles. The van der Waals surface area contributed by atoms with Gasteiger partial charge in [0.25, 0.3) is 0 Å². The highest BCUT2D eigenvalue weighted by atomic mass is 35.5. The minimum atomic E-state index is -0.908. The Labute approximate surface area is 125 Å². The molecule has 0 saturated carbocycles. The van der Waals surface area contributed by atoms with Crippen LogP contribution in [0.15, 0.2) is 30.3 Å². The van der Waals surface area contributed by atoms with Crippen LogP contribution in [0, 0.1) is 22.9 Å². The molecular formula is C14H12ClFN2O3. The number of nitro benzene ring substituents is 1. The van der Waals surface area contributed by atoms with Crippen LogP contribution >= 0.6 is 11.6 Å². The summed E-state index contributed by atoms with van der Waals surface area (Å²) >= 11 is 6.00. The van der Waals surface area contributed by atoms with Gasteiger partial charge in [0, 0.05) is 11.1 Å². The molecule has 0 aliphatic heterocycles. The zero-order chi connectivity index (χ0) is 15.6. The largest absolute Gasteiger partial charge is 0.495 e. The number of benzene rings is 2. The maximum absolute atomic E-state index is 13.6. The van der Waals surface area contributed by atoms with Gasteiger partial charge < -0.3 is 10.1 Å². The number of nitrogens with one attached hydrogen (secondary N) is 1. The van der Waals surface area contributed by atoms with E-state index >= 15 is 0 Å². The number of anilines is 2. The molecule has 7 heteroatoms. The van der Waals surface area contributed by atoms with E-state index < -0.39 is 16.4 Å². The molecule has 1 N–H and O–H groups in total. The molecule has 0 aromatic heterocycles. The molecule has 0 atom stereocenters. The van der Waals surface area contributed by atoms with Crippen LogP contribution in [0.25, 0.3) is 0 Å². The number of nitrogens with zero attached hydrogens (tertiary/aromatic N) is 1. The number of halogens is 2. The summed E-state index contributed by atoms with van der Waals surface area (Å²) in [7, 11) is 1.45. The van der Waals surface area contributed by atoms with Crippen molar-refractivity contribution in [2.45, 2.75) is 6.92 Å². The fourth-order valence-electron chi connectivity index (χ4n) is 1.88. The first-order valence-electron chi connectivity index (χ1n) is 5.98. The van der Waals surface area contributed by atoms with Gasteiger partial charge in [0.1, 0.15) is 11.4 Å². The molecule has 0 spiro atoms. The fraction of sp³-hybridized carbons (Fsp3) is 0.143. The van der Waals surface area contributed by atoms with Crippen LogP contribution in [0.4, 0.5) is 21.5 Å². The number of rotatable bonds is 4. The molecule has 0 aliphatic rings. The third-order valence-corrected chi connectivity index (χ3v) is 3.33. The van der Waals surface area contributed by atoms with Gasteiger partial charge >= 0.3 is 5.69 Å². The van der Waals surface area contributed by atoms with Crippen LogP contribution in [-0.4, -0.2) is 12.0 Å². The average molecular weight is 311 g/mol. The molecule has 21 heavy (non-hydrogen) atoms. The molecule has 0 saturated heterocycles. The molecule has 5 nitrogen and oxygen atoms in total. The number of hydrogen-bond donors (Lipinski definition) is 1. The van der Waals surface area contributed by atoms with Crippen molar-refractivity contribution in [2.75, 3.05) is 12.4 Å². The van der Waals surface area contributed by atoms with Crippen LogP contribution in [0.5, 0.6) is 5.75 Å². The summed E-state index contributed by atoms with van der Waals surface area (Å²) in [6, 6.07) is 7.11. The topological polar surface area (TPSA) is 64.4 Å². The fourth-order valence-corrected chi connectivity index (χ4v) is 2.03. The molecule has 110 valence electrons. The number of ether oxygens (including phenoxy) is 1. The Hall–Kier alpha value is -2.34. The first-order valence-corrected chi connectivity index (χ1v) is 6.36. The summed E-state index contributed by atoms with van der Waals surface area (Å²) in [5.74, 6) is -0.501. The van der Waals surface area contributed by atoms with Crippen molar-refractivity contribution in [3.8, 4) is 5.75 Å². The lowest BCUT2D eigenvalue weighted by molar-refractivity contribution is -0.386. The van der Waals surface area contributed by atoms with Gasteiger partial charge in [-0.1, -0.05) is 17.7 Å². The van der Waals surface area contributed by atoms with Crippen molar-refractivity contribution in [1.82, 2.24) is 0 Å². The molecular weight excluding hydrogens is 299 g/mol. The number of nitro groups is 1. The van der Waals surface area contributed by atoms with E-state index in [0.717, 1.165) is 11.6 Å². The van der Waals surface area contributed by atoms with E-state index in [-0.39, 0.29) is 5.69 Å². The van der Waals surface area contributed by atoms with Crippen LogP contribution in [-0.2, 0) is 0 Å². The monoisotopic (exact) mass is 310 g/mol. The van der Waals surface area contributed by atoms with Crippen LogP contribution in [0.1, 0.15) is 5.56 Å². The standard InChI is InChI=1S/C14H12ClFN2O3/c1-8-6-12(13(21-2)7-9(8)15)17-11-5-3-4-10(16)14(11)18(19)20/h3-7,17H,1-2H3. The van der Waals surface area contributed by atoms with Crippen molar-refractivity contribution in [3.05, 3.63) is 56.8 Å². The summed E-state index contributed by atoms with van der Waals surface area (Å²) in [5, 5.41) is 14.3. The summed E-state index contributed by atoms with van der Waals surface area (Å²) in [6.45, 7) is 1.78. The second kappa shape index (κ2) is 5.97. The quantitative estimate of drug-likeness (QED) is 0.669. The van der Waals surface area contributed by atoms with E-state index in [0.29, 0.717) is 16.5 Å². The Morgan fingerprint density at radius 1 is 1.33 bits per heavy atom. The number of para-hydroxylation sites is 1. The van der Waals surface area contributed by atoms with Crippen molar-refractivity contribution in [3.63, 3.8) is 0 Å². The van der Waals surface area contributed by atoms with Gasteiger partial charge in [0.15, 0.2) is 0 Å². The van der Waals surface area contributed by atoms with Gasteiger partial charge in [0.05, 0.1) is 17.7 Å². The maximum Gasteiger partial charge on any atom is 0.327 e. The first-order chi connectivity index (χ1) is 9.93. The first kappa shape index (κ1) is 15.1. The highest BCUT2D eigenvalue weighted by molar-refractivity contribution is 6.31. The molecule has 0 radical (unpaired) electrons. The SMILES string of the molecule is COc1cc(Cl)c(C)cc1Nc1cccc(F)c1[N+](=O)[O-]. The summed E-state index contributed by atoms with van der Waals surface area (Å²) in [5.41, 5.74) is 0.652. The van der Waals surface area contributed by atoms with Crippen LogP contribution < -0.4 is 10.1 Å². The van der Waals surface area contributed by atoms with E-state index in [2.05, 4.69) is 5.32 Å². The summed E-state index contributed by atoms with van der Waals surface area (Å²) < 4.78 is 18.8. The summed E-state index contributed by atoms with van der Waals surface area (Å²) in [4.78, 5) is 10.2. The van der Waals surface area contributed by atoms with Crippen molar-refractivity contribution in [2.24, 2.45) is 0 Å². The van der Waals surface area contributed by atoms with E-state index in [4.69, 9.17) is 16.3 Å². The Bertz CT molecular complexity index is 707. The van der Waals surface area contributed by atoms with Gasteiger partial charge in [0.2, 0.25) is 5.82 Å². The normalized spacial score (nSPS) is 10.3. The molecule has 2 rings (SSSR count). The lowest BCUT2D eigenvalue weighted by Crippen LogP contribution is -2.01. The van der Waals surface area contributed by atoms with Gasteiger partial charge in [-0.25, -0.2) is 0 Å². The van der Waals surface area contributed by atoms with Crippen LogP contribution in [0.2, 0.25) is 5.02 Å². The van der Waals surface area contributed by atoms with Crippen molar-refractivity contribution in [1.29, 1.82) is 0 Å². The van der Waals surface area contributed by atoms with Crippen LogP contribution in [0.3, 0.4) is 0 Å². The molecule has 0 heterocycles. The zero-order valence-corrected chi connectivity index (χ0v) is 12.1. The average Bonchev–Trinajstić information content (AvgIpc) is 2.42. The second-order valence-corrected chi connectivity index (χ2v) is 4.73. The third-order valence-electron chi connectivity index (χ3n) is 2.92. The van der Waals surface area contributed by atoms with Gasteiger partial charge in [-0.05, 0) is 30.7 Å². The minimum absolute atomic E-state index is 0.0417. The number of hydrogen-bond acceptors (Lipinski definition) is 4. The molecule has 0 amide bonds. The predicted octanol–water partition coefficient (Wildman–Crippen LogP) is 4.45. The number of methoxy groups -OCH3 is 1. The summed E-state index contributed by atoms with van der Waals surface area (Å²) in [6.07, 6.45) is 0. The lowest BCUT2D eigenvalue weighted by atomic mass is 10.2. The maximum atomic E-state index is 13.6. The van der Waals surface area contributed by atoms with E-state index in [1.807, 2.05) is 0 Å². The Morgan fingerprint density at radius 3 is 2.67 bits per heavy atom. The highest BCUT2D eigenvalue weighted by Gasteiger charge is 2.21. The molecule has 0 bridgehead atoms. The predicted molar refractivity (Wildman–Crippen MR) is 79.1 cm³/mol. The molecule has 2 aromatic carbocycles. The van der Waals surface area contributed by atoms with Crippen molar-refractivity contribution < 1.29 is 14.1 Å². The highest BCUT2D eigenvalue weighted by Crippen LogP contribution is 2.36. The Kier molecular flexibility index (Phi) is 4.28. The molecule has 0 unspecified atom stereocenters. The van der Waals surface area contributed by atoms with Gasteiger partial charge in [-0.3, -0.25) is 10.1 Å². The Morgan fingerprint density at radius 2 is 2.05 bits per heavy atom. The Balaban J connectivity index is 2.50. The third kappa shape index (κ3) is 3.05. The zero-order valence-electron chi connectivity index (χ0n) is 11.3. The van der Waals surface area contributed by atoms with E-state index in [1.165, 1.54) is 19.2 Å². The molecule has 0 fully saturated rings. The van der Waals surface area contributed by atoms with E-state index in [9.17, 15) is 14.5 Å². The van der Waals surface area contributed by atoms with E-state index in [1.54, 1.807) is 19.1 Å². The smallest absolute Gasteiger partial charge is 0.327 e. The second-order valence-electron chi connectivity index (χ2n) is 4.32.